The first kappa shape index (κ1) is 19.4. The van der Waals surface area contributed by atoms with Crippen molar-refractivity contribution >= 4 is 28.5 Å². The van der Waals surface area contributed by atoms with Crippen molar-refractivity contribution in [1.29, 1.82) is 0 Å². The van der Waals surface area contributed by atoms with E-state index in [0.717, 1.165) is 36.3 Å². The third-order valence-corrected chi connectivity index (χ3v) is 5.59. The quantitative estimate of drug-likeness (QED) is 0.562. The lowest BCUT2D eigenvalue weighted by Crippen LogP contribution is -2.29. The number of anilines is 1. The van der Waals surface area contributed by atoms with Gasteiger partial charge in [0.25, 0.3) is 0 Å². The van der Waals surface area contributed by atoms with Crippen molar-refractivity contribution < 1.29 is 14.3 Å². The van der Waals surface area contributed by atoms with E-state index in [1.165, 1.54) is 16.9 Å². The minimum atomic E-state index is -0.240. The van der Waals surface area contributed by atoms with Crippen LogP contribution >= 0.6 is 11.3 Å². The molecule has 1 heterocycles. The second kappa shape index (κ2) is 9.50. The van der Waals surface area contributed by atoms with Gasteiger partial charge in [-0.3, -0.25) is 10.1 Å². The van der Waals surface area contributed by atoms with E-state index in [4.69, 9.17) is 4.74 Å². The molecule has 0 fully saturated rings. The maximum absolute atomic E-state index is 12.1. The zero-order valence-corrected chi connectivity index (χ0v) is 16.3. The lowest BCUT2D eigenvalue weighted by molar-refractivity contribution is -0.148. The second-order valence-electron chi connectivity index (χ2n) is 6.55. The lowest BCUT2D eigenvalue weighted by atomic mass is 9.91. The number of hydrogen-bond acceptors (Lipinski definition) is 5. The fourth-order valence-corrected chi connectivity index (χ4v) is 4.25. The number of nitrogens with one attached hydrogen (secondary N) is 2. The first-order valence-electron chi connectivity index (χ1n) is 9.39. The highest BCUT2D eigenvalue weighted by atomic mass is 32.1. The normalized spacial score (nSPS) is 15.7. The second-order valence-corrected chi connectivity index (χ2v) is 7.63. The number of rotatable bonds is 7. The molecule has 0 saturated carbocycles. The fourth-order valence-electron chi connectivity index (χ4n) is 3.17. The molecule has 1 aromatic carbocycles. The zero-order chi connectivity index (χ0) is 19.1. The number of carbonyl (C=O) groups is 2. The minimum Gasteiger partial charge on any atom is -0.466 e. The van der Waals surface area contributed by atoms with Gasteiger partial charge in [-0.1, -0.05) is 30.3 Å². The third kappa shape index (κ3) is 5.53. The predicted octanol–water partition coefficient (Wildman–Crippen LogP) is 3.57. The molecule has 27 heavy (non-hydrogen) atoms. The number of thiazole rings is 1. The maximum Gasteiger partial charge on any atom is 0.321 e. The summed E-state index contributed by atoms with van der Waals surface area (Å²) in [6.45, 7) is 2.83. The Balaban J connectivity index is 1.43. The van der Waals surface area contributed by atoms with Crippen molar-refractivity contribution in [3.63, 3.8) is 0 Å². The number of aromatic nitrogens is 1. The van der Waals surface area contributed by atoms with Gasteiger partial charge in [0.2, 0.25) is 0 Å². The first-order valence-corrected chi connectivity index (χ1v) is 10.2. The van der Waals surface area contributed by atoms with Crippen LogP contribution < -0.4 is 10.6 Å². The number of nitrogens with zero attached hydrogens (tertiary/aromatic N) is 1. The molecule has 1 unspecified atom stereocenters. The number of urea groups is 1. The molecule has 0 saturated heterocycles. The summed E-state index contributed by atoms with van der Waals surface area (Å²) in [5, 5.41) is 6.26. The molecule has 1 aliphatic carbocycles. The molecule has 7 heteroatoms. The lowest BCUT2D eigenvalue weighted by Gasteiger charge is -2.18. The highest BCUT2D eigenvalue weighted by Gasteiger charge is 2.28. The van der Waals surface area contributed by atoms with Crippen LogP contribution in [-0.2, 0) is 28.8 Å². The van der Waals surface area contributed by atoms with Crippen LogP contribution in [0.25, 0.3) is 0 Å². The molecule has 0 spiro atoms. The van der Waals surface area contributed by atoms with Crippen LogP contribution in [0.3, 0.4) is 0 Å². The summed E-state index contributed by atoms with van der Waals surface area (Å²) >= 11 is 1.45. The first-order chi connectivity index (χ1) is 13.2. The smallest absolute Gasteiger partial charge is 0.321 e. The van der Waals surface area contributed by atoms with Crippen LogP contribution in [0.1, 0.15) is 35.9 Å². The number of carbonyl (C=O) groups excluding carboxylic acids is 2. The number of ether oxygens (including phenoxy) is 1. The van der Waals surface area contributed by atoms with Gasteiger partial charge in [-0.15, -0.1) is 11.3 Å². The fraction of sp³-hybridized carbons (Fsp3) is 0.450. The average molecular weight is 388 g/mol. The molecule has 0 radical (unpaired) electrons. The summed E-state index contributed by atoms with van der Waals surface area (Å²) in [4.78, 5) is 29.6. The predicted molar refractivity (Wildman–Crippen MR) is 106 cm³/mol. The molecule has 0 bridgehead atoms. The molecular weight excluding hydrogens is 362 g/mol. The van der Waals surface area contributed by atoms with E-state index in [2.05, 4.69) is 27.8 Å². The number of hydrogen-bond donors (Lipinski definition) is 2. The highest BCUT2D eigenvalue weighted by Crippen LogP contribution is 2.32. The summed E-state index contributed by atoms with van der Waals surface area (Å²) in [7, 11) is 0. The van der Waals surface area contributed by atoms with E-state index in [1.54, 1.807) is 0 Å². The van der Waals surface area contributed by atoms with E-state index < -0.39 is 0 Å². The molecule has 2 amide bonds. The summed E-state index contributed by atoms with van der Waals surface area (Å²) < 4.78 is 5.12. The van der Waals surface area contributed by atoms with E-state index in [-0.39, 0.29) is 17.9 Å². The Labute approximate surface area is 163 Å². The van der Waals surface area contributed by atoms with Gasteiger partial charge in [0.05, 0.1) is 18.2 Å². The Kier molecular flexibility index (Phi) is 6.81. The summed E-state index contributed by atoms with van der Waals surface area (Å²) in [6, 6.07) is 9.97. The third-order valence-electron chi connectivity index (χ3n) is 4.55. The largest absolute Gasteiger partial charge is 0.466 e. The van der Waals surface area contributed by atoms with Crippen molar-refractivity contribution in [3.05, 3.63) is 46.5 Å². The molecule has 1 atom stereocenters. The van der Waals surface area contributed by atoms with Crippen LogP contribution in [0.4, 0.5) is 9.93 Å². The van der Waals surface area contributed by atoms with Crippen LogP contribution in [0, 0.1) is 5.92 Å². The topological polar surface area (TPSA) is 80.3 Å². The number of esters is 1. The minimum absolute atomic E-state index is 0.0995. The van der Waals surface area contributed by atoms with Crippen molar-refractivity contribution in [2.45, 2.75) is 39.0 Å². The van der Waals surface area contributed by atoms with Gasteiger partial charge in [-0.05, 0) is 44.6 Å². The average Bonchev–Trinajstić information content (AvgIpc) is 3.07. The van der Waals surface area contributed by atoms with Crippen LogP contribution in [-0.4, -0.2) is 30.1 Å². The Hall–Kier alpha value is -2.41. The van der Waals surface area contributed by atoms with Crippen molar-refractivity contribution in [2.24, 2.45) is 5.92 Å². The zero-order valence-electron chi connectivity index (χ0n) is 15.5. The maximum atomic E-state index is 12.1. The van der Waals surface area contributed by atoms with Crippen molar-refractivity contribution in [3.8, 4) is 0 Å². The molecule has 144 valence electrons. The van der Waals surface area contributed by atoms with Gasteiger partial charge >= 0.3 is 12.0 Å². The summed E-state index contributed by atoms with van der Waals surface area (Å²) in [6.07, 6.45) is 3.96. The molecule has 3 rings (SSSR count). The Morgan fingerprint density at radius 1 is 1.30 bits per heavy atom. The Morgan fingerprint density at radius 3 is 2.89 bits per heavy atom. The highest BCUT2D eigenvalue weighted by molar-refractivity contribution is 7.15. The molecule has 0 aliphatic heterocycles. The molecule has 6 nitrogen and oxygen atoms in total. The van der Waals surface area contributed by atoms with Gasteiger partial charge in [-0.25, -0.2) is 9.78 Å². The van der Waals surface area contributed by atoms with Gasteiger partial charge in [-0.2, -0.15) is 0 Å². The standard InChI is InChI=1S/C20H25N3O3S/c1-2-26-18(24)15-10-11-16-17(13-15)27-20(22-16)23-19(25)21-12-6-9-14-7-4-3-5-8-14/h3-5,7-8,15H,2,6,9-13H2,1H3,(H2,21,22,23,25). The summed E-state index contributed by atoms with van der Waals surface area (Å²) in [5.74, 6) is -0.236. The van der Waals surface area contributed by atoms with Crippen LogP contribution in [0.2, 0.25) is 0 Å². The van der Waals surface area contributed by atoms with Gasteiger partial charge in [0, 0.05) is 11.4 Å². The van der Waals surface area contributed by atoms with Crippen molar-refractivity contribution in [2.75, 3.05) is 18.5 Å². The van der Waals surface area contributed by atoms with E-state index >= 15 is 0 Å². The molecule has 2 N–H and O–H groups in total. The number of benzene rings is 1. The van der Waals surface area contributed by atoms with Crippen molar-refractivity contribution in [1.82, 2.24) is 10.3 Å². The number of aryl methyl sites for hydroxylation is 2. The van der Waals surface area contributed by atoms with E-state index in [9.17, 15) is 9.59 Å². The van der Waals surface area contributed by atoms with Crippen LogP contribution in [0.15, 0.2) is 30.3 Å². The molecule has 2 aromatic rings. The van der Waals surface area contributed by atoms with Gasteiger partial charge in [0.15, 0.2) is 5.13 Å². The Morgan fingerprint density at radius 2 is 2.11 bits per heavy atom. The molecular formula is C20H25N3O3S. The van der Waals surface area contributed by atoms with E-state index in [0.29, 0.717) is 24.7 Å². The van der Waals surface area contributed by atoms with Crippen LogP contribution in [0.5, 0.6) is 0 Å². The molecule has 1 aliphatic rings. The number of amides is 2. The van der Waals surface area contributed by atoms with Gasteiger partial charge in [0.1, 0.15) is 0 Å². The summed E-state index contributed by atoms with van der Waals surface area (Å²) in [5.41, 5.74) is 2.25. The monoisotopic (exact) mass is 387 g/mol. The number of fused-ring (bicyclic) bond motifs is 1. The van der Waals surface area contributed by atoms with Gasteiger partial charge < -0.3 is 10.1 Å². The molecule has 1 aromatic heterocycles. The Bertz CT molecular complexity index is 776. The van der Waals surface area contributed by atoms with E-state index in [1.807, 2.05) is 25.1 Å². The SMILES string of the molecule is CCOC(=O)C1CCc2nc(NC(=O)NCCCc3ccccc3)sc2C1.